The molecule has 6 aromatic rings. The Balaban J connectivity index is 1.60. The Morgan fingerprint density at radius 3 is 1.95 bits per heavy atom. The zero-order chi connectivity index (χ0) is 25.6. The Labute approximate surface area is 223 Å². The summed E-state index contributed by atoms with van der Waals surface area (Å²) in [4.78, 5) is 2.28. The number of hydrogen-bond donors (Lipinski definition) is 0. The van der Waals surface area contributed by atoms with Crippen molar-refractivity contribution in [3.63, 3.8) is 0 Å². The fourth-order valence-electron chi connectivity index (χ4n) is 5.13. The van der Waals surface area contributed by atoms with E-state index < -0.39 is 0 Å². The highest BCUT2D eigenvalue weighted by molar-refractivity contribution is 6.30. The Kier molecular flexibility index (Phi) is 5.78. The van der Waals surface area contributed by atoms with E-state index >= 15 is 0 Å². The molecule has 182 valence electrons. The standard InChI is InChI=1S/C34H29ClN2/c1-34(2,3)24-16-18-27(19-17-24)36(28-13-9-10-25(35)22-28)29-20-21-31-30-14-7-8-15-32(30)37(33(31)23-29)26-11-5-4-6-12-26/h4-23H,1-3H3. The number of fused-ring (bicyclic) bond motifs is 3. The average Bonchev–Trinajstić information content (AvgIpc) is 3.23. The number of halogens is 1. The molecular formula is C34H29ClN2. The molecule has 6 rings (SSSR count). The SMILES string of the molecule is CC(C)(C)c1ccc(N(c2cccc(Cl)c2)c2ccc3c4ccccc4n(-c4ccccc4)c3c2)cc1. The van der Waals surface area contributed by atoms with Crippen LogP contribution in [-0.4, -0.2) is 4.57 Å². The van der Waals surface area contributed by atoms with Gasteiger partial charge in [0.25, 0.3) is 0 Å². The van der Waals surface area contributed by atoms with Crippen molar-refractivity contribution in [3.8, 4) is 5.69 Å². The van der Waals surface area contributed by atoms with Crippen molar-refractivity contribution in [2.75, 3.05) is 4.90 Å². The van der Waals surface area contributed by atoms with Gasteiger partial charge in [-0.2, -0.15) is 0 Å². The molecular weight excluding hydrogens is 472 g/mol. The molecule has 2 nitrogen and oxygen atoms in total. The summed E-state index contributed by atoms with van der Waals surface area (Å²) in [5.74, 6) is 0. The summed E-state index contributed by atoms with van der Waals surface area (Å²) in [7, 11) is 0. The first-order chi connectivity index (χ1) is 17.9. The maximum atomic E-state index is 6.47. The minimum atomic E-state index is 0.0922. The molecule has 0 saturated heterocycles. The smallest absolute Gasteiger partial charge is 0.0561 e. The van der Waals surface area contributed by atoms with Gasteiger partial charge < -0.3 is 9.47 Å². The first kappa shape index (κ1) is 23.4. The zero-order valence-electron chi connectivity index (χ0n) is 21.3. The highest BCUT2D eigenvalue weighted by Gasteiger charge is 2.19. The third-order valence-corrected chi connectivity index (χ3v) is 7.22. The van der Waals surface area contributed by atoms with Crippen molar-refractivity contribution >= 4 is 50.5 Å². The van der Waals surface area contributed by atoms with Gasteiger partial charge in [0, 0.05) is 38.5 Å². The largest absolute Gasteiger partial charge is 0.310 e. The van der Waals surface area contributed by atoms with Crippen LogP contribution in [0.5, 0.6) is 0 Å². The highest BCUT2D eigenvalue weighted by atomic mass is 35.5. The van der Waals surface area contributed by atoms with Crippen molar-refractivity contribution in [2.45, 2.75) is 26.2 Å². The lowest BCUT2D eigenvalue weighted by molar-refractivity contribution is 0.590. The van der Waals surface area contributed by atoms with E-state index in [0.29, 0.717) is 5.02 Å². The maximum absolute atomic E-state index is 6.47. The molecule has 0 atom stereocenters. The normalized spacial score (nSPS) is 11.8. The van der Waals surface area contributed by atoms with Crippen LogP contribution in [-0.2, 0) is 5.41 Å². The van der Waals surface area contributed by atoms with Gasteiger partial charge in [-0.15, -0.1) is 0 Å². The molecule has 0 amide bonds. The van der Waals surface area contributed by atoms with Crippen LogP contribution < -0.4 is 4.90 Å². The topological polar surface area (TPSA) is 8.17 Å². The van der Waals surface area contributed by atoms with Crippen molar-refractivity contribution in [1.82, 2.24) is 4.57 Å². The van der Waals surface area contributed by atoms with E-state index in [9.17, 15) is 0 Å². The highest BCUT2D eigenvalue weighted by Crippen LogP contribution is 2.40. The molecule has 0 radical (unpaired) electrons. The fraction of sp³-hybridized carbons (Fsp3) is 0.118. The van der Waals surface area contributed by atoms with Crippen LogP contribution in [0.4, 0.5) is 17.1 Å². The van der Waals surface area contributed by atoms with E-state index in [2.05, 4.69) is 133 Å². The lowest BCUT2D eigenvalue weighted by Gasteiger charge is -2.27. The molecule has 3 heteroatoms. The van der Waals surface area contributed by atoms with Gasteiger partial charge in [0.2, 0.25) is 0 Å². The van der Waals surface area contributed by atoms with Crippen LogP contribution >= 0.6 is 11.6 Å². The molecule has 0 bridgehead atoms. The molecule has 0 fully saturated rings. The van der Waals surface area contributed by atoms with Gasteiger partial charge in [0.05, 0.1) is 11.0 Å². The first-order valence-electron chi connectivity index (χ1n) is 12.6. The maximum Gasteiger partial charge on any atom is 0.0561 e. The van der Waals surface area contributed by atoms with Crippen LogP contribution in [0.2, 0.25) is 5.02 Å². The molecule has 0 N–H and O–H groups in total. The summed E-state index contributed by atoms with van der Waals surface area (Å²) in [5, 5.41) is 3.20. The Morgan fingerprint density at radius 1 is 0.568 bits per heavy atom. The lowest BCUT2D eigenvalue weighted by Crippen LogP contribution is -2.13. The molecule has 0 aliphatic rings. The predicted octanol–water partition coefficient (Wildman–Crippen LogP) is 10.2. The van der Waals surface area contributed by atoms with Gasteiger partial charge in [0.1, 0.15) is 0 Å². The molecule has 1 aromatic heterocycles. The summed E-state index contributed by atoms with van der Waals surface area (Å²) in [6.07, 6.45) is 0. The Morgan fingerprint density at radius 2 is 1.22 bits per heavy atom. The molecule has 0 spiro atoms. The van der Waals surface area contributed by atoms with Gasteiger partial charge in [-0.3, -0.25) is 0 Å². The number of aromatic nitrogens is 1. The fourth-order valence-corrected chi connectivity index (χ4v) is 5.31. The van der Waals surface area contributed by atoms with E-state index in [1.165, 1.54) is 27.4 Å². The summed E-state index contributed by atoms with van der Waals surface area (Å²) >= 11 is 6.47. The molecule has 0 aliphatic carbocycles. The molecule has 0 unspecified atom stereocenters. The average molecular weight is 501 g/mol. The van der Waals surface area contributed by atoms with Crippen molar-refractivity contribution in [1.29, 1.82) is 0 Å². The van der Waals surface area contributed by atoms with E-state index in [-0.39, 0.29) is 5.41 Å². The van der Waals surface area contributed by atoms with E-state index in [1.807, 2.05) is 18.2 Å². The number of hydrogen-bond acceptors (Lipinski definition) is 1. The third-order valence-electron chi connectivity index (χ3n) is 6.99. The van der Waals surface area contributed by atoms with Crippen LogP contribution in [0.1, 0.15) is 26.3 Å². The van der Waals surface area contributed by atoms with Gasteiger partial charge in [0.15, 0.2) is 0 Å². The molecule has 1 heterocycles. The van der Waals surface area contributed by atoms with E-state index in [0.717, 1.165) is 22.7 Å². The second-order valence-electron chi connectivity index (χ2n) is 10.5. The number of nitrogens with zero attached hydrogens (tertiary/aromatic N) is 2. The van der Waals surface area contributed by atoms with Gasteiger partial charge in [-0.05, 0) is 71.6 Å². The van der Waals surface area contributed by atoms with Crippen molar-refractivity contribution in [2.24, 2.45) is 0 Å². The van der Waals surface area contributed by atoms with E-state index in [4.69, 9.17) is 11.6 Å². The van der Waals surface area contributed by atoms with Gasteiger partial charge in [-0.1, -0.05) is 93.0 Å². The minimum Gasteiger partial charge on any atom is -0.310 e. The van der Waals surface area contributed by atoms with Crippen LogP contribution in [0.3, 0.4) is 0 Å². The second-order valence-corrected chi connectivity index (χ2v) is 10.9. The summed E-state index contributed by atoms with van der Waals surface area (Å²) in [6.45, 7) is 6.73. The van der Waals surface area contributed by atoms with E-state index in [1.54, 1.807) is 0 Å². The quantitative estimate of drug-likeness (QED) is 0.233. The molecule has 0 saturated carbocycles. The molecule has 37 heavy (non-hydrogen) atoms. The Bertz CT molecular complexity index is 1710. The van der Waals surface area contributed by atoms with Crippen LogP contribution in [0.15, 0.2) is 121 Å². The zero-order valence-corrected chi connectivity index (χ0v) is 22.1. The summed E-state index contributed by atoms with van der Waals surface area (Å²) in [6, 6.07) is 42.9. The summed E-state index contributed by atoms with van der Waals surface area (Å²) in [5.41, 5.74) is 8.12. The van der Waals surface area contributed by atoms with Gasteiger partial charge >= 0.3 is 0 Å². The van der Waals surface area contributed by atoms with Crippen LogP contribution in [0.25, 0.3) is 27.5 Å². The van der Waals surface area contributed by atoms with Crippen molar-refractivity contribution in [3.05, 3.63) is 132 Å². The third kappa shape index (κ3) is 4.28. The predicted molar refractivity (Wildman–Crippen MR) is 159 cm³/mol. The monoisotopic (exact) mass is 500 g/mol. The number of rotatable bonds is 4. The lowest BCUT2D eigenvalue weighted by atomic mass is 9.87. The first-order valence-corrected chi connectivity index (χ1v) is 13.0. The Hall–Kier alpha value is -4.01. The summed E-state index contributed by atoms with van der Waals surface area (Å²) < 4.78 is 2.35. The molecule has 5 aromatic carbocycles. The number of benzene rings is 5. The second kappa shape index (κ2) is 9.14. The molecule has 0 aliphatic heterocycles. The van der Waals surface area contributed by atoms with Gasteiger partial charge in [-0.25, -0.2) is 0 Å². The number of anilines is 3. The van der Waals surface area contributed by atoms with Crippen molar-refractivity contribution < 1.29 is 0 Å². The number of para-hydroxylation sites is 2. The van der Waals surface area contributed by atoms with Crippen LogP contribution in [0, 0.1) is 0 Å². The minimum absolute atomic E-state index is 0.0922.